The third kappa shape index (κ3) is 3.53. The molecule has 0 bridgehead atoms. The lowest BCUT2D eigenvalue weighted by Gasteiger charge is -2.05. The maximum absolute atomic E-state index is 11.8. The molecule has 1 aromatic rings. The van der Waals surface area contributed by atoms with Crippen LogP contribution >= 0.6 is 0 Å². The van der Waals surface area contributed by atoms with Crippen molar-refractivity contribution in [1.82, 2.24) is 5.32 Å². The molecule has 2 N–H and O–H groups in total. The zero-order valence-corrected chi connectivity index (χ0v) is 8.26. The first-order valence-corrected chi connectivity index (χ1v) is 4.47. The zero-order chi connectivity index (χ0) is 11.3. The number of amides is 1. The van der Waals surface area contributed by atoms with E-state index < -0.39 is 18.9 Å². The van der Waals surface area contributed by atoms with E-state index in [4.69, 9.17) is 0 Å². The first kappa shape index (κ1) is 11.4. The fraction of sp³-hybridized carbons (Fsp3) is 0.300. The first-order chi connectivity index (χ1) is 7.13. The largest absolute Gasteiger partial charge is 0.388 e. The highest BCUT2D eigenvalue weighted by Crippen LogP contribution is 2.08. The first-order valence-electron chi connectivity index (χ1n) is 4.47. The molecule has 1 aromatic carbocycles. The zero-order valence-electron chi connectivity index (χ0n) is 8.26. The Balaban J connectivity index is 2.58. The van der Waals surface area contributed by atoms with E-state index in [1.807, 2.05) is 0 Å². The Morgan fingerprint density at radius 3 is 2.40 bits per heavy atom. The van der Waals surface area contributed by atoms with Crippen LogP contribution in [0.3, 0.4) is 0 Å². The van der Waals surface area contributed by atoms with Crippen LogP contribution in [0.4, 0.5) is 14.5 Å². The Morgan fingerprint density at radius 2 is 1.93 bits per heavy atom. The molecule has 1 rings (SSSR count). The van der Waals surface area contributed by atoms with Gasteiger partial charge in [-0.25, -0.2) is 8.78 Å². The molecule has 15 heavy (non-hydrogen) atoms. The molecular formula is C10H12F2N2O. The minimum absolute atomic E-state index is 0.370. The van der Waals surface area contributed by atoms with Gasteiger partial charge in [0, 0.05) is 18.3 Å². The highest BCUT2D eigenvalue weighted by molar-refractivity contribution is 5.94. The van der Waals surface area contributed by atoms with Crippen molar-refractivity contribution < 1.29 is 13.6 Å². The lowest BCUT2D eigenvalue weighted by Crippen LogP contribution is -2.28. The summed E-state index contributed by atoms with van der Waals surface area (Å²) in [5.74, 6) is -0.488. The van der Waals surface area contributed by atoms with Crippen LogP contribution in [0, 0.1) is 0 Å². The number of halogens is 2. The molecule has 0 unspecified atom stereocenters. The van der Waals surface area contributed by atoms with Crippen LogP contribution in [0.2, 0.25) is 0 Å². The Kier molecular flexibility index (Phi) is 4.03. The van der Waals surface area contributed by atoms with Gasteiger partial charge in [-0.05, 0) is 24.3 Å². The number of anilines is 1. The van der Waals surface area contributed by atoms with Gasteiger partial charge in [0.15, 0.2) is 0 Å². The number of rotatable bonds is 4. The van der Waals surface area contributed by atoms with Crippen LogP contribution in [0.5, 0.6) is 0 Å². The molecular weight excluding hydrogens is 202 g/mol. The second-order valence-corrected chi connectivity index (χ2v) is 2.93. The molecule has 1 amide bonds. The van der Waals surface area contributed by atoms with Gasteiger partial charge in [0.2, 0.25) is 0 Å². The van der Waals surface area contributed by atoms with E-state index >= 15 is 0 Å². The average Bonchev–Trinajstić information content (AvgIpc) is 2.26. The monoisotopic (exact) mass is 214 g/mol. The predicted molar refractivity (Wildman–Crippen MR) is 54.3 cm³/mol. The van der Waals surface area contributed by atoms with Crippen LogP contribution in [-0.2, 0) is 0 Å². The van der Waals surface area contributed by atoms with E-state index in [1.54, 1.807) is 31.3 Å². The molecule has 0 heterocycles. The maximum Gasteiger partial charge on any atom is 0.255 e. The van der Waals surface area contributed by atoms with E-state index in [9.17, 15) is 13.6 Å². The van der Waals surface area contributed by atoms with Gasteiger partial charge in [-0.3, -0.25) is 4.79 Å². The summed E-state index contributed by atoms with van der Waals surface area (Å²) in [6.07, 6.45) is -2.52. The van der Waals surface area contributed by atoms with Crippen molar-refractivity contribution in [2.75, 3.05) is 18.9 Å². The SMILES string of the molecule is CNc1ccc(C(=O)NCC(F)F)cc1. The van der Waals surface area contributed by atoms with Crippen LogP contribution < -0.4 is 10.6 Å². The highest BCUT2D eigenvalue weighted by Gasteiger charge is 2.08. The van der Waals surface area contributed by atoms with Crippen molar-refractivity contribution in [2.24, 2.45) is 0 Å². The van der Waals surface area contributed by atoms with E-state index in [2.05, 4.69) is 10.6 Å². The summed E-state index contributed by atoms with van der Waals surface area (Å²) in [6.45, 7) is -0.618. The minimum atomic E-state index is -2.52. The third-order valence-corrected chi connectivity index (χ3v) is 1.85. The number of hydrogen-bond donors (Lipinski definition) is 2. The third-order valence-electron chi connectivity index (χ3n) is 1.85. The Morgan fingerprint density at radius 1 is 1.33 bits per heavy atom. The number of benzene rings is 1. The van der Waals surface area contributed by atoms with Gasteiger partial charge in [-0.15, -0.1) is 0 Å². The van der Waals surface area contributed by atoms with Gasteiger partial charge in [-0.2, -0.15) is 0 Å². The fourth-order valence-corrected chi connectivity index (χ4v) is 1.06. The molecule has 0 fully saturated rings. The van der Waals surface area contributed by atoms with Crippen molar-refractivity contribution in [1.29, 1.82) is 0 Å². The Bertz CT molecular complexity index is 325. The van der Waals surface area contributed by atoms with Crippen LogP contribution in [0.15, 0.2) is 24.3 Å². The molecule has 0 saturated carbocycles. The average molecular weight is 214 g/mol. The minimum Gasteiger partial charge on any atom is -0.388 e. The summed E-state index contributed by atoms with van der Waals surface area (Å²) in [5, 5.41) is 5.02. The summed E-state index contributed by atoms with van der Waals surface area (Å²) in [5.41, 5.74) is 1.23. The molecule has 0 spiro atoms. The number of hydrogen-bond acceptors (Lipinski definition) is 2. The summed E-state index contributed by atoms with van der Waals surface area (Å²) >= 11 is 0. The summed E-state index contributed by atoms with van der Waals surface area (Å²) in [7, 11) is 1.76. The normalized spacial score (nSPS) is 10.1. The van der Waals surface area contributed by atoms with Crippen molar-refractivity contribution >= 4 is 11.6 Å². The van der Waals surface area contributed by atoms with Gasteiger partial charge in [0.1, 0.15) is 0 Å². The second-order valence-electron chi connectivity index (χ2n) is 2.93. The van der Waals surface area contributed by atoms with Crippen molar-refractivity contribution in [2.45, 2.75) is 6.43 Å². The smallest absolute Gasteiger partial charge is 0.255 e. The molecule has 0 saturated heterocycles. The number of alkyl halides is 2. The van der Waals surface area contributed by atoms with Gasteiger partial charge in [-0.1, -0.05) is 0 Å². The molecule has 5 heteroatoms. The quantitative estimate of drug-likeness (QED) is 0.801. The maximum atomic E-state index is 11.8. The standard InChI is InChI=1S/C10H12F2N2O/c1-13-8-4-2-7(3-5-8)10(15)14-6-9(11)12/h2-5,9,13H,6H2,1H3,(H,14,15). The van der Waals surface area contributed by atoms with Crippen LogP contribution in [-0.4, -0.2) is 25.9 Å². The van der Waals surface area contributed by atoms with Crippen LogP contribution in [0.1, 0.15) is 10.4 Å². The Hall–Kier alpha value is -1.65. The van der Waals surface area contributed by atoms with Crippen molar-refractivity contribution in [3.8, 4) is 0 Å². The second kappa shape index (κ2) is 5.29. The van der Waals surface area contributed by atoms with Gasteiger partial charge >= 0.3 is 0 Å². The lowest BCUT2D eigenvalue weighted by atomic mass is 10.2. The van der Waals surface area contributed by atoms with Gasteiger partial charge in [0.05, 0.1) is 6.54 Å². The summed E-state index contributed by atoms with van der Waals surface area (Å²) in [4.78, 5) is 11.3. The fourth-order valence-electron chi connectivity index (χ4n) is 1.06. The highest BCUT2D eigenvalue weighted by atomic mass is 19.3. The number of nitrogens with one attached hydrogen (secondary N) is 2. The molecule has 3 nitrogen and oxygen atoms in total. The lowest BCUT2D eigenvalue weighted by molar-refractivity contribution is 0.0892. The van der Waals surface area contributed by atoms with Gasteiger partial charge < -0.3 is 10.6 Å². The van der Waals surface area contributed by atoms with Gasteiger partial charge in [0.25, 0.3) is 12.3 Å². The molecule has 82 valence electrons. The van der Waals surface area contributed by atoms with E-state index in [0.717, 1.165) is 5.69 Å². The summed E-state index contributed by atoms with van der Waals surface area (Å²) in [6, 6.07) is 6.56. The van der Waals surface area contributed by atoms with Crippen molar-refractivity contribution in [3.63, 3.8) is 0 Å². The number of carbonyl (C=O) groups excluding carboxylic acids is 1. The molecule has 0 aliphatic carbocycles. The molecule has 0 aliphatic heterocycles. The number of carbonyl (C=O) groups is 1. The molecule has 0 radical (unpaired) electrons. The molecule has 0 atom stereocenters. The van der Waals surface area contributed by atoms with E-state index in [-0.39, 0.29) is 0 Å². The van der Waals surface area contributed by atoms with Crippen molar-refractivity contribution in [3.05, 3.63) is 29.8 Å². The van der Waals surface area contributed by atoms with Crippen LogP contribution in [0.25, 0.3) is 0 Å². The summed E-state index contributed by atoms with van der Waals surface area (Å²) < 4.78 is 23.6. The molecule has 0 aliphatic rings. The topological polar surface area (TPSA) is 41.1 Å². The molecule has 0 aromatic heterocycles. The predicted octanol–water partition coefficient (Wildman–Crippen LogP) is 1.72. The van der Waals surface area contributed by atoms with E-state index in [1.165, 1.54) is 0 Å². The Labute approximate surface area is 86.5 Å². The van der Waals surface area contributed by atoms with E-state index in [0.29, 0.717) is 5.56 Å².